The van der Waals surface area contributed by atoms with E-state index in [1.807, 2.05) is 36.4 Å². The van der Waals surface area contributed by atoms with E-state index in [9.17, 15) is 4.79 Å². The Bertz CT molecular complexity index is 984. The molecule has 0 atom stereocenters. The second kappa shape index (κ2) is 8.43. The normalized spacial score (nSPS) is 10.4. The van der Waals surface area contributed by atoms with Crippen LogP contribution in [0, 0.1) is 6.92 Å². The molecule has 1 heterocycles. The summed E-state index contributed by atoms with van der Waals surface area (Å²) in [6.07, 6.45) is 0. The fourth-order valence-corrected chi connectivity index (χ4v) is 2.78. The van der Waals surface area contributed by atoms with E-state index < -0.39 is 0 Å². The van der Waals surface area contributed by atoms with Gasteiger partial charge in [-0.25, -0.2) is 4.68 Å². The Hall–Kier alpha value is -3.55. The summed E-state index contributed by atoms with van der Waals surface area (Å²) in [5.41, 5.74) is 2.55. The summed E-state index contributed by atoms with van der Waals surface area (Å²) in [4.78, 5) is 12.6. The van der Waals surface area contributed by atoms with Crippen LogP contribution >= 0.6 is 0 Å². The highest BCUT2D eigenvalue weighted by Gasteiger charge is 2.17. The van der Waals surface area contributed by atoms with Gasteiger partial charge in [0.2, 0.25) is 0 Å². The zero-order valence-corrected chi connectivity index (χ0v) is 16.2. The zero-order chi connectivity index (χ0) is 20.1. The van der Waals surface area contributed by atoms with Crippen LogP contribution in [-0.2, 0) is 6.54 Å². The Kier molecular flexibility index (Phi) is 5.78. The summed E-state index contributed by atoms with van der Waals surface area (Å²) < 4.78 is 17.3. The maximum atomic E-state index is 12.6. The molecule has 0 fully saturated rings. The Morgan fingerprint density at radius 3 is 2.54 bits per heavy atom. The second-order valence-electron chi connectivity index (χ2n) is 6.01. The van der Waals surface area contributed by atoms with E-state index in [0.717, 1.165) is 11.3 Å². The van der Waals surface area contributed by atoms with Gasteiger partial charge in [0.15, 0.2) is 17.2 Å². The number of methoxy groups -OCH3 is 3. The van der Waals surface area contributed by atoms with Crippen molar-refractivity contribution >= 4 is 5.91 Å². The van der Waals surface area contributed by atoms with Gasteiger partial charge in [-0.1, -0.05) is 17.3 Å². The molecule has 28 heavy (non-hydrogen) atoms. The number of carbonyl (C=O) groups excluding carboxylic acids is 1. The molecule has 0 aliphatic carbocycles. The average Bonchev–Trinajstić information content (AvgIpc) is 3.13. The summed E-state index contributed by atoms with van der Waals surface area (Å²) in [6, 6.07) is 12.9. The Balaban J connectivity index is 1.74. The predicted molar refractivity (Wildman–Crippen MR) is 103 cm³/mol. The van der Waals surface area contributed by atoms with Crippen molar-refractivity contribution in [2.24, 2.45) is 0 Å². The van der Waals surface area contributed by atoms with Crippen molar-refractivity contribution in [1.29, 1.82) is 0 Å². The maximum absolute atomic E-state index is 12.6. The number of carbonyl (C=O) groups is 1. The van der Waals surface area contributed by atoms with Crippen LogP contribution in [0.4, 0.5) is 0 Å². The van der Waals surface area contributed by atoms with Crippen molar-refractivity contribution in [2.45, 2.75) is 13.5 Å². The first kappa shape index (κ1) is 19.2. The molecule has 0 aliphatic heterocycles. The number of nitrogens with zero attached hydrogens (tertiary/aromatic N) is 3. The largest absolute Gasteiger partial charge is 0.497 e. The van der Waals surface area contributed by atoms with Crippen LogP contribution in [0.5, 0.6) is 17.2 Å². The van der Waals surface area contributed by atoms with Gasteiger partial charge in [-0.2, -0.15) is 0 Å². The molecule has 0 spiro atoms. The standard InChI is InChI=1S/C20H22N4O4/c1-13-19(22-23-24(13)15-6-5-7-16(11-15)26-2)20(25)21-12-14-8-9-17(27-3)18(10-14)28-4/h5-11H,12H2,1-4H3,(H,21,25). The van der Waals surface area contributed by atoms with Gasteiger partial charge in [0.05, 0.1) is 32.7 Å². The van der Waals surface area contributed by atoms with Crippen molar-refractivity contribution in [1.82, 2.24) is 20.3 Å². The van der Waals surface area contributed by atoms with Crippen LogP contribution in [0.1, 0.15) is 21.7 Å². The van der Waals surface area contributed by atoms with Gasteiger partial charge < -0.3 is 19.5 Å². The van der Waals surface area contributed by atoms with Gasteiger partial charge >= 0.3 is 0 Å². The third-order valence-electron chi connectivity index (χ3n) is 4.31. The second-order valence-corrected chi connectivity index (χ2v) is 6.01. The zero-order valence-electron chi connectivity index (χ0n) is 16.2. The number of amides is 1. The predicted octanol–water partition coefficient (Wildman–Crippen LogP) is 2.53. The summed E-state index contributed by atoms with van der Waals surface area (Å²) in [7, 11) is 4.74. The highest BCUT2D eigenvalue weighted by atomic mass is 16.5. The molecule has 146 valence electrons. The minimum atomic E-state index is -0.304. The van der Waals surface area contributed by atoms with Gasteiger partial charge in [0.1, 0.15) is 5.75 Å². The van der Waals surface area contributed by atoms with E-state index in [-0.39, 0.29) is 11.6 Å². The first-order valence-electron chi connectivity index (χ1n) is 8.63. The molecule has 2 aromatic carbocycles. The highest BCUT2D eigenvalue weighted by Crippen LogP contribution is 2.27. The van der Waals surface area contributed by atoms with Crippen LogP contribution in [0.3, 0.4) is 0 Å². The molecule has 0 aliphatic rings. The summed E-state index contributed by atoms with van der Waals surface area (Å²) in [6.45, 7) is 2.12. The number of hydrogen-bond acceptors (Lipinski definition) is 6. The van der Waals surface area contributed by atoms with Crippen LogP contribution in [0.2, 0.25) is 0 Å². The Labute approximate surface area is 163 Å². The van der Waals surface area contributed by atoms with Gasteiger partial charge in [-0.3, -0.25) is 4.79 Å². The van der Waals surface area contributed by atoms with E-state index in [1.54, 1.807) is 39.0 Å². The number of aromatic nitrogens is 3. The molecule has 0 bridgehead atoms. The smallest absolute Gasteiger partial charge is 0.274 e. The first-order valence-corrected chi connectivity index (χ1v) is 8.63. The summed E-state index contributed by atoms with van der Waals surface area (Å²) in [5, 5.41) is 11.0. The fraction of sp³-hybridized carbons (Fsp3) is 0.250. The minimum Gasteiger partial charge on any atom is -0.497 e. The molecule has 1 aromatic heterocycles. The lowest BCUT2D eigenvalue weighted by Gasteiger charge is -2.10. The molecule has 3 aromatic rings. The average molecular weight is 382 g/mol. The van der Waals surface area contributed by atoms with E-state index in [4.69, 9.17) is 14.2 Å². The first-order chi connectivity index (χ1) is 13.6. The lowest BCUT2D eigenvalue weighted by Crippen LogP contribution is -2.24. The number of nitrogens with one attached hydrogen (secondary N) is 1. The molecule has 3 rings (SSSR count). The van der Waals surface area contributed by atoms with Gasteiger partial charge in [-0.05, 0) is 36.8 Å². The molecule has 1 amide bonds. The lowest BCUT2D eigenvalue weighted by atomic mass is 10.2. The van der Waals surface area contributed by atoms with Crippen molar-refractivity contribution in [3.05, 3.63) is 59.4 Å². The van der Waals surface area contributed by atoms with Crippen molar-refractivity contribution in [3.63, 3.8) is 0 Å². The fourth-order valence-electron chi connectivity index (χ4n) is 2.78. The number of ether oxygens (including phenoxy) is 3. The molecule has 0 saturated heterocycles. The SMILES string of the molecule is COc1cccc(-n2nnc(C(=O)NCc3ccc(OC)c(OC)c3)c2C)c1. The molecular formula is C20H22N4O4. The Morgan fingerprint density at radius 2 is 1.82 bits per heavy atom. The third kappa shape index (κ3) is 3.90. The van der Waals surface area contributed by atoms with E-state index in [2.05, 4.69) is 15.6 Å². The maximum Gasteiger partial charge on any atom is 0.274 e. The summed E-state index contributed by atoms with van der Waals surface area (Å²) >= 11 is 0. The van der Waals surface area contributed by atoms with Crippen molar-refractivity contribution in [3.8, 4) is 22.9 Å². The van der Waals surface area contributed by atoms with Gasteiger partial charge in [0, 0.05) is 12.6 Å². The topological polar surface area (TPSA) is 87.5 Å². The molecule has 0 radical (unpaired) electrons. The third-order valence-corrected chi connectivity index (χ3v) is 4.31. The molecule has 0 unspecified atom stereocenters. The molecule has 8 nitrogen and oxygen atoms in total. The number of rotatable bonds is 7. The number of benzene rings is 2. The molecular weight excluding hydrogens is 360 g/mol. The van der Waals surface area contributed by atoms with E-state index in [1.165, 1.54) is 0 Å². The van der Waals surface area contributed by atoms with Crippen molar-refractivity contribution < 1.29 is 19.0 Å². The highest BCUT2D eigenvalue weighted by molar-refractivity contribution is 5.93. The van der Waals surface area contributed by atoms with Crippen LogP contribution in [0.15, 0.2) is 42.5 Å². The van der Waals surface area contributed by atoms with E-state index in [0.29, 0.717) is 29.5 Å². The minimum absolute atomic E-state index is 0.267. The van der Waals surface area contributed by atoms with Crippen LogP contribution < -0.4 is 19.5 Å². The van der Waals surface area contributed by atoms with E-state index >= 15 is 0 Å². The Morgan fingerprint density at radius 1 is 1.04 bits per heavy atom. The molecule has 0 saturated carbocycles. The molecule has 1 N–H and O–H groups in total. The lowest BCUT2D eigenvalue weighted by molar-refractivity contribution is 0.0945. The van der Waals surface area contributed by atoms with Gasteiger partial charge in [0.25, 0.3) is 5.91 Å². The quantitative estimate of drug-likeness (QED) is 0.676. The van der Waals surface area contributed by atoms with Crippen LogP contribution in [0.25, 0.3) is 5.69 Å². The summed E-state index contributed by atoms with van der Waals surface area (Å²) in [5.74, 6) is 1.64. The van der Waals surface area contributed by atoms with Crippen molar-refractivity contribution in [2.75, 3.05) is 21.3 Å². The number of hydrogen-bond donors (Lipinski definition) is 1. The monoisotopic (exact) mass is 382 g/mol. The van der Waals surface area contributed by atoms with Gasteiger partial charge in [-0.15, -0.1) is 5.10 Å². The molecule has 8 heteroatoms. The van der Waals surface area contributed by atoms with Crippen LogP contribution in [-0.4, -0.2) is 42.2 Å².